The Balaban J connectivity index is 2.03. The molecule has 2 aromatic rings. The van der Waals surface area contributed by atoms with Crippen molar-refractivity contribution in [2.45, 2.75) is 26.4 Å². The van der Waals surface area contributed by atoms with Gasteiger partial charge in [0.2, 0.25) is 0 Å². The van der Waals surface area contributed by atoms with Gasteiger partial charge in [-0.1, -0.05) is 11.3 Å². The molecule has 0 aliphatic rings. The van der Waals surface area contributed by atoms with Gasteiger partial charge in [0.05, 0.1) is 0 Å². The van der Waals surface area contributed by atoms with Crippen molar-refractivity contribution in [1.82, 2.24) is 9.13 Å². The van der Waals surface area contributed by atoms with Crippen LogP contribution in [0.4, 0.5) is 5.69 Å². The molecule has 0 atom stereocenters. The smallest absolute Gasteiger partial charge is 0.307 e. The average molecular weight is 265 g/mol. The number of nitrogens with two attached hydrogens (primary N) is 1. The number of rotatable bonds is 4. The van der Waals surface area contributed by atoms with Crippen LogP contribution in [0.5, 0.6) is 0 Å². The molecule has 0 fully saturated rings. The summed E-state index contributed by atoms with van der Waals surface area (Å²) in [5.74, 6) is 0. The second-order valence-electron chi connectivity index (χ2n) is 4.14. The molecule has 0 bridgehead atoms. The highest BCUT2D eigenvalue weighted by atomic mass is 32.1. The van der Waals surface area contributed by atoms with Crippen LogP contribution in [0, 0.1) is 6.92 Å². The third kappa shape index (κ3) is 2.70. The molecule has 2 rings (SSSR count). The third-order valence-electron chi connectivity index (χ3n) is 2.76. The van der Waals surface area contributed by atoms with Gasteiger partial charge < -0.3 is 14.9 Å². The molecule has 2 heterocycles. The summed E-state index contributed by atoms with van der Waals surface area (Å²) in [5.41, 5.74) is 7.09. The minimum atomic E-state index is -0.0708. The first-order valence-corrected chi connectivity index (χ1v) is 6.57. The predicted molar refractivity (Wildman–Crippen MR) is 73.0 cm³/mol. The largest absolute Gasteiger partial charge is 0.398 e. The Morgan fingerprint density at radius 3 is 2.72 bits per heavy atom. The normalized spacial score (nSPS) is 10.7. The number of hydrogen-bond donors (Lipinski definition) is 1. The van der Waals surface area contributed by atoms with Crippen molar-refractivity contribution in [1.29, 1.82) is 0 Å². The first-order valence-electron chi connectivity index (χ1n) is 5.69. The summed E-state index contributed by atoms with van der Waals surface area (Å²) < 4.78 is 3.30. The summed E-state index contributed by atoms with van der Waals surface area (Å²) in [4.78, 5) is 23.1. The molecule has 0 saturated carbocycles. The summed E-state index contributed by atoms with van der Waals surface area (Å²) in [7, 11) is 0. The lowest BCUT2D eigenvalue weighted by Gasteiger charge is -2.07. The molecule has 5 nitrogen and oxygen atoms in total. The van der Waals surface area contributed by atoms with Gasteiger partial charge in [-0.25, -0.2) is 0 Å². The summed E-state index contributed by atoms with van der Waals surface area (Å²) in [5, 5.41) is 1.84. The molecule has 0 amide bonds. The number of aryl methyl sites for hydroxylation is 2. The first-order chi connectivity index (χ1) is 8.58. The number of pyridine rings is 1. The lowest BCUT2D eigenvalue weighted by molar-refractivity contribution is 0.543. The molecule has 0 saturated heterocycles. The number of nitrogens with zero attached hydrogens (tertiary/aromatic N) is 2. The molecule has 18 heavy (non-hydrogen) atoms. The number of thiazole rings is 1. The van der Waals surface area contributed by atoms with Gasteiger partial charge in [-0.05, 0) is 19.4 Å². The van der Waals surface area contributed by atoms with Crippen molar-refractivity contribution in [2.24, 2.45) is 0 Å². The average Bonchev–Trinajstić information content (AvgIpc) is 2.65. The second kappa shape index (κ2) is 5.22. The number of anilines is 1. The van der Waals surface area contributed by atoms with E-state index in [1.807, 2.05) is 12.3 Å². The maximum Gasteiger partial charge on any atom is 0.307 e. The highest BCUT2D eigenvalue weighted by Gasteiger charge is 2.02. The van der Waals surface area contributed by atoms with E-state index in [4.69, 9.17) is 5.73 Å². The Morgan fingerprint density at radius 2 is 2.06 bits per heavy atom. The van der Waals surface area contributed by atoms with Gasteiger partial charge in [0, 0.05) is 42.1 Å². The minimum Gasteiger partial charge on any atom is -0.398 e. The SMILES string of the molecule is Cc1csc(=O)n1CCCn1cc(N)ccc1=O. The van der Waals surface area contributed by atoms with E-state index < -0.39 is 0 Å². The molecule has 0 unspecified atom stereocenters. The van der Waals surface area contributed by atoms with E-state index in [-0.39, 0.29) is 10.4 Å². The van der Waals surface area contributed by atoms with Crippen molar-refractivity contribution in [3.8, 4) is 0 Å². The standard InChI is InChI=1S/C12H15N3O2S/c1-9-8-18-12(17)15(9)6-2-5-14-7-10(13)3-4-11(14)16/h3-4,7-8H,2,5-6,13H2,1H3. The molecular weight excluding hydrogens is 250 g/mol. The van der Waals surface area contributed by atoms with E-state index >= 15 is 0 Å². The molecule has 0 aliphatic heterocycles. The summed E-state index contributed by atoms with van der Waals surface area (Å²) >= 11 is 1.20. The second-order valence-corrected chi connectivity index (χ2v) is 4.96. The molecule has 2 N–H and O–H groups in total. The molecule has 96 valence electrons. The van der Waals surface area contributed by atoms with Crippen molar-refractivity contribution < 1.29 is 0 Å². The minimum absolute atomic E-state index is 0.0485. The van der Waals surface area contributed by atoms with Crippen molar-refractivity contribution in [3.05, 3.63) is 49.4 Å². The van der Waals surface area contributed by atoms with E-state index in [2.05, 4.69) is 0 Å². The van der Waals surface area contributed by atoms with Crippen LogP contribution in [0.2, 0.25) is 0 Å². The third-order valence-corrected chi connectivity index (χ3v) is 3.64. The zero-order chi connectivity index (χ0) is 13.1. The van der Waals surface area contributed by atoms with Gasteiger partial charge in [0.25, 0.3) is 5.56 Å². The maximum absolute atomic E-state index is 11.5. The molecule has 0 spiro atoms. The number of nitrogen functional groups attached to an aromatic ring is 1. The fourth-order valence-electron chi connectivity index (χ4n) is 1.80. The van der Waals surface area contributed by atoms with Crippen molar-refractivity contribution in [2.75, 3.05) is 5.73 Å². The van der Waals surface area contributed by atoms with Gasteiger partial charge in [-0.3, -0.25) is 9.59 Å². The maximum atomic E-state index is 11.5. The van der Waals surface area contributed by atoms with E-state index in [1.165, 1.54) is 17.4 Å². The Bertz CT molecular complexity index is 654. The van der Waals surface area contributed by atoms with E-state index in [0.717, 1.165) is 12.1 Å². The lowest BCUT2D eigenvalue weighted by atomic mass is 10.3. The summed E-state index contributed by atoms with van der Waals surface area (Å²) in [6, 6.07) is 3.05. The van der Waals surface area contributed by atoms with Crippen LogP contribution in [0.25, 0.3) is 0 Å². The molecular formula is C12H15N3O2S. The lowest BCUT2D eigenvalue weighted by Crippen LogP contribution is -2.21. The predicted octanol–water partition coefficient (Wildman–Crippen LogP) is 1.05. The van der Waals surface area contributed by atoms with Crippen molar-refractivity contribution in [3.63, 3.8) is 0 Å². The van der Waals surface area contributed by atoms with Crippen LogP contribution >= 0.6 is 11.3 Å². The van der Waals surface area contributed by atoms with Gasteiger partial charge >= 0.3 is 4.87 Å². The molecule has 6 heteroatoms. The van der Waals surface area contributed by atoms with Gasteiger partial charge in [0.1, 0.15) is 0 Å². The highest BCUT2D eigenvalue weighted by Crippen LogP contribution is 2.02. The molecule has 0 aromatic carbocycles. The highest BCUT2D eigenvalue weighted by molar-refractivity contribution is 7.07. The quantitative estimate of drug-likeness (QED) is 0.898. The Labute approximate surface area is 108 Å². The molecule has 0 aliphatic carbocycles. The van der Waals surface area contributed by atoms with Crippen molar-refractivity contribution >= 4 is 17.0 Å². The van der Waals surface area contributed by atoms with Crippen LogP contribution < -0.4 is 16.2 Å². The van der Waals surface area contributed by atoms with E-state index in [1.54, 1.807) is 21.4 Å². The zero-order valence-electron chi connectivity index (χ0n) is 10.1. The van der Waals surface area contributed by atoms with Crippen LogP contribution in [0.15, 0.2) is 33.3 Å². The van der Waals surface area contributed by atoms with Crippen LogP contribution in [0.3, 0.4) is 0 Å². The Kier molecular flexibility index (Phi) is 3.66. The van der Waals surface area contributed by atoms with E-state index in [0.29, 0.717) is 18.8 Å². The fraction of sp³-hybridized carbons (Fsp3) is 0.333. The molecule has 2 aromatic heterocycles. The summed E-state index contributed by atoms with van der Waals surface area (Å²) in [6.07, 6.45) is 2.35. The Hall–Kier alpha value is -1.82. The first kappa shape index (κ1) is 12.6. The van der Waals surface area contributed by atoms with Gasteiger partial charge in [0.15, 0.2) is 0 Å². The Morgan fingerprint density at radius 1 is 1.28 bits per heavy atom. The molecule has 0 radical (unpaired) electrons. The topological polar surface area (TPSA) is 70.0 Å². The van der Waals surface area contributed by atoms with Crippen LogP contribution in [-0.4, -0.2) is 9.13 Å². The van der Waals surface area contributed by atoms with Crippen LogP contribution in [0.1, 0.15) is 12.1 Å². The van der Waals surface area contributed by atoms with Gasteiger partial charge in [-0.15, -0.1) is 0 Å². The number of aromatic nitrogens is 2. The zero-order valence-corrected chi connectivity index (χ0v) is 10.9. The monoisotopic (exact) mass is 265 g/mol. The fourth-order valence-corrected chi connectivity index (χ4v) is 2.56. The number of hydrogen-bond acceptors (Lipinski definition) is 4. The van der Waals surface area contributed by atoms with Gasteiger partial charge in [-0.2, -0.15) is 0 Å². The van der Waals surface area contributed by atoms with Crippen LogP contribution in [-0.2, 0) is 13.1 Å². The summed E-state index contributed by atoms with van der Waals surface area (Å²) in [6.45, 7) is 3.09. The van der Waals surface area contributed by atoms with E-state index in [9.17, 15) is 9.59 Å².